The van der Waals surface area contributed by atoms with Gasteiger partial charge in [-0.3, -0.25) is 4.79 Å². The second-order valence-electron chi connectivity index (χ2n) is 10.7. The fourth-order valence-corrected chi connectivity index (χ4v) is 6.03. The third-order valence-corrected chi connectivity index (χ3v) is 8.00. The first kappa shape index (κ1) is 26.3. The van der Waals surface area contributed by atoms with Gasteiger partial charge in [-0.15, -0.1) is 0 Å². The molecule has 1 saturated heterocycles. The Balaban J connectivity index is 1.56. The van der Waals surface area contributed by atoms with Gasteiger partial charge in [0.25, 0.3) is 0 Å². The lowest BCUT2D eigenvalue weighted by Crippen LogP contribution is -2.36. The molecule has 202 valence electrons. The molecule has 0 bridgehead atoms. The number of hydrogen-bond acceptors (Lipinski definition) is 5. The van der Waals surface area contributed by atoms with E-state index in [1.54, 1.807) is 13.0 Å². The summed E-state index contributed by atoms with van der Waals surface area (Å²) in [4.78, 5) is 23.3. The van der Waals surface area contributed by atoms with Crippen molar-refractivity contribution < 1.29 is 18.0 Å². The highest BCUT2D eigenvalue weighted by atomic mass is 19.4. The normalized spacial score (nSPS) is 17.4. The highest BCUT2D eigenvalue weighted by Crippen LogP contribution is 2.41. The van der Waals surface area contributed by atoms with Crippen molar-refractivity contribution in [2.75, 3.05) is 24.1 Å². The van der Waals surface area contributed by atoms with E-state index in [1.165, 1.54) is 16.7 Å². The number of carbonyl (C=O) groups excluding carboxylic acids is 1. The van der Waals surface area contributed by atoms with Crippen LogP contribution in [0.3, 0.4) is 0 Å². The molecule has 6 nitrogen and oxygen atoms in total. The van der Waals surface area contributed by atoms with Crippen LogP contribution in [0.15, 0.2) is 24.3 Å². The number of rotatable bonds is 4. The van der Waals surface area contributed by atoms with Crippen molar-refractivity contribution in [1.82, 2.24) is 14.9 Å². The SMILES string of the molecule is CC(=O)N1CCC(c2cc3c(N[C@H](C)c4cc(N)cc(C(F)(F)F)c4)nc(C)nc3c3c2CCCC3)CC1. The number of amides is 1. The van der Waals surface area contributed by atoms with Gasteiger partial charge in [-0.1, -0.05) is 0 Å². The van der Waals surface area contributed by atoms with Crippen molar-refractivity contribution >= 4 is 28.3 Å². The lowest BCUT2D eigenvalue weighted by atomic mass is 9.79. The standard InChI is InChI=1S/C29H34F3N5O/c1-16(20-12-21(29(30,31)32)14-22(33)13-20)34-28-26-15-25(19-8-10-37(11-9-19)18(3)38)23-6-4-5-7-24(23)27(26)35-17(2)36-28/h12-16,19H,4-11,33H2,1-3H3,(H,34,35,36)/t16-/m1/s1. The molecule has 0 unspecified atom stereocenters. The molecule has 3 N–H and O–H groups in total. The summed E-state index contributed by atoms with van der Waals surface area (Å²) in [6, 6.07) is 5.40. The van der Waals surface area contributed by atoms with E-state index in [-0.39, 0.29) is 11.6 Å². The molecule has 1 atom stereocenters. The number of nitrogens with zero attached hydrogens (tertiary/aromatic N) is 3. The van der Waals surface area contributed by atoms with Crippen molar-refractivity contribution in [3.63, 3.8) is 0 Å². The maximum absolute atomic E-state index is 13.4. The molecule has 2 heterocycles. The van der Waals surface area contributed by atoms with Gasteiger partial charge in [-0.25, -0.2) is 9.97 Å². The van der Waals surface area contributed by atoms with Gasteiger partial charge in [0, 0.05) is 31.1 Å². The molecular weight excluding hydrogens is 491 g/mol. The minimum atomic E-state index is -4.48. The fourth-order valence-electron chi connectivity index (χ4n) is 6.03. The first-order chi connectivity index (χ1) is 18.0. The number of hydrogen-bond donors (Lipinski definition) is 2. The predicted octanol–water partition coefficient (Wildman–Crippen LogP) is 6.32. The summed E-state index contributed by atoms with van der Waals surface area (Å²) in [6.07, 6.45) is 1.54. The van der Waals surface area contributed by atoms with E-state index in [9.17, 15) is 18.0 Å². The number of anilines is 2. The van der Waals surface area contributed by atoms with Crippen molar-refractivity contribution in [3.05, 3.63) is 57.9 Å². The molecule has 5 rings (SSSR count). The molecule has 2 aliphatic rings. The van der Waals surface area contributed by atoms with Crippen LogP contribution >= 0.6 is 0 Å². The number of aryl methyl sites for hydroxylation is 2. The quantitative estimate of drug-likeness (QED) is 0.390. The zero-order valence-corrected chi connectivity index (χ0v) is 22.1. The molecular formula is C29H34F3N5O. The Morgan fingerprint density at radius 1 is 1.08 bits per heavy atom. The molecule has 9 heteroatoms. The number of nitrogen functional groups attached to an aromatic ring is 1. The van der Waals surface area contributed by atoms with Crippen LogP contribution in [-0.2, 0) is 23.8 Å². The monoisotopic (exact) mass is 525 g/mol. The van der Waals surface area contributed by atoms with E-state index in [4.69, 9.17) is 15.7 Å². The smallest absolute Gasteiger partial charge is 0.399 e. The number of nitrogens with two attached hydrogens (primary N) is 1. The lowest BCUT2D eigenvalue weighted by molar-refractivity contribution is -0.137. The highest BCUT2D eigenvalue weighted by Gasteiger charge is 2.32. The average molecular weight is 526 g/mol. The summed E-state index contributed by atoms with van der Waals surface area (Å²) < 4.78 is 40.3. The minimum absolute atomic E-state index is 0.0699. The summed E-state index contributed by atoms with van der Waals surface area (Å²) in [6.45, 7) is 6.77. The molecule has 1 fully saturated rings. The second kappa shape index (κ2) is 10.1. The number of halogens is 3. The van der Waals surface area contributed by atoms with Crippen LogP contribution in [0.25, 0.3) is 10.9 Å². The lowest BCUT2D eigenvalue weighted by Gasteiger charge is -2.34. The maximum atomic E-state index is 13.4. The van der Waals surface area contributed by atoms with E-state index in [1.807, 2.05) is 18.7 Å². The molecule has 38 heavy (non-hydrogen) atoms. The van der Waals surface area contributed by atoms with Gasteiger partial charge in [0.15, 0.2) is 0 Å². The van der Waals surface area contributed by atoms with E-state index < -0.39 is 17.8 Å². The number of likely N-dealkylation sites (tertiary alicyclic amines) is 1. The average Bonchev–Trinajstić information content (AvgIpc) is 2.87. The first-order valence-electron chi connectivity index (χ1n) is 13.3. The Morgan fingerprint density at radius 2 is 1.76 bits per heavy atom. The van der Waals surface area contributed by atoms with Crippen LogP contribution in [0.4, 0.5) is 24.7 Å². The molecule has 0 radical (unpaired) electrons. The van der Waals surface area contributed by atoms with Gasteiger partial charge in [-0.2, -0.15) is 13.2 Å². The van der Waals surface area contributed by atoms with E-state index in [0.717, 1.165) is 74.7 Å². The van der Waals surface area contributed by atoms with Gasteiger partial charge >= 0.3 is 6.18 Å². The third-order valence-electron chi connectivity index (χ3n) is 8.00. The highest BCUT2D eigenvalue weighted by molar-refractivity contribution is 5.93. The van der Waals surface area contributed by atoms with Gasteiger partial charge < -0.3 is 16.0 Å². The molecule has 3 aromatic rings. The summed E-state index contributed by atoms with van der Waals surface area (Å²) in [5.41, 5.74) is 10.5. The van der Waals surface area contributed by atoms with Crippen LogP contribution in [0.1, 0.15) is 85.1 Å². The largest absolute Gasteiger partial charge is 0.416 e. The zero-order chi connectivity index (χ0) is 27.2. The Kier molecular flexibility index (Phi) is 6.96. The van der Waals surface area contributed by atoms with Crippen molar-refractivity contribution in [2.24, 2.45) is 0 Å². The van der Waals surface area contributed by atoms with Crippen molar-refractivity contribution in [2.45, 2.75) is 77.4 Å². The Bertz CT molecular complexity index is 1380. The Morgan fingerprint density at radius 3 is 2.42 bits per heavy atom. The number of fused-ring (bicyclic) bond motifs is 3. The molecule has 1 amide bonds. The number of benzene rings is 2. The summed E-state index contributed by atoms with van der Waals surface area (Å²) in [5, 5.41) is 4.28. The summed E-state index contributed by atoms with van der Waals surface area (Å²) >= 11 is 0. The summed E-state index contributed by atoms with van der Waals surface area (Å²) in [7, 11) is 0. The molecule has 2 aromatic carbocycles. The molecule has 1 aliphatic carbocycles. The van der Waals surface area contributed by atoms with E-state index >= 15 is 0 Å². The molecule has 1 aromatic heterocycles. The predicted molar refractivity (Wildman–Crippen MR) is 143 cm³/mol. The Hall–Kier alpha value is -3.36. The van der Waals surface area contributed by atoms with Crippen molar-refractivity contribution in [3.8, 4) is 0 Å². The maximum Gasteiger partial charge on any atom is 0.416 e. The van der Waals surface area contributed by atoms with Gasteiger partial charge in [0.1, 0.15) is 11.6 Å². The topological polar surface area (TPSA) is 84.1 Å². The van der Waals surface area contributed by atoms with Gasteiger partial charge in [0.05, 0.1) is 17.1 Å². The molecule has 0 spiro atoms. The van der Waals surface area contributed by atoms with Crippen molar-refractivity contribution in [1.29, 1.82) is 0 Å². The van der Waals surface area contributed by atoms with Crippen LogP contribution in [-0.4, -0.2) is 33.9 Å². The van der Waals surface area contributed by atoms with Crippen LogP contribution in [0.2, 0.25) is 0 Å². The summed E-state index contributed by atoms with van der Waals surface area (Å²) in [5.74, 6) is 1.69. The third kappa shape index (κ3) is 5.15. The van der Waals surface area contributed by atoms with Crippen LogP contribution in [0, 0.1) is 6.92 Å². The van der Waals surface area contributed by atoms with E-state index in [0.29, 0.717) is 23.1 Å². The number of aromatic nitrogens is 2. The molecule has 1 aliphatic heterocycles. The first-order valence-corrected chi connectivity index (χ1v) is 13.3. The number of piperidine rings is 1. The van der Waals surface area contributed by atoms with E-state index in [2.05, 4.69) is 11.4 Å². The molecule has 0 saturated carbocycles. The number of carbonyl (C=O) groups is 1. The van der Waals surface area contributed by atoms with Gasteiger partial charge in [0.2, 0.25) is 5.91 Å². The van der Waals surface area contributed by atoms with Crippen LogP contribution in [0.5, 0.6) is 0 Å². The number of alkyl halides is 3. The minimum Gasteiger partial charge on any atom is -0.399 e. The second-order valence-corrected chi connectivity index (χ2v) is 10.7. The van der Waals surface area contributed by atoms with Crippen LogP contribution < -0.4 is 11.1 Å². The fraction of sp³-hybridized carbons (Fsp3) is 0.483. The zero-order valence-electron chi connectivity index (χ0n) is 22.1. The number of nitrogens with one attached hydrogen (secondary N) is 1. The Labute approximate surface area is 220 Å². The van der Waals surface area contributed by atoms with Gasteiger partial charge in [-0.05, 0) is 105 Å².